The number of likely N-dealkylation sites (tertiary alicyclic amines) is 1. The highest BCUT2D eigenvalue weighted by atomic mass is 19.1. The van der Waals surface area contributed by atoms with Crippen LogP contribution in [-0.2, 0) is 14.3 Å². The minimum absolute atomic E-state index is 0.102. The van der Waals surface area contributed by atoms with Crippen LogP contribution in [0.3, 0.4) is 0 Å². The van der Waals surface area contributed by atoms with Gasteiger partial charge in [0.05, 0.1) is 6.54 Å². The number of alkyl halides is 1. The lowest BCUT2D eigenvalue weighted by Crippen LogP contribution is -2.52. The second-order valence-electron chi connectivity index (χ2n) is 9.20. The van der Waals surface area contributed by atoms with Gasteiger partial charge in [-0.25, -0.2) is 4.39 Å². The SMILES string of the molecule is CC(C)C[C@H](NC(=O)c1cc2cc(N(C)C)ccc2[nH]1)C(=O)N1C[C@H](F)[C@H]2OCC(=O)[C@H]21. The first-order chi connectivity index (χ1) is 15.2. The van der Waals surface area contributed by atoms with Crippen molar-refractivity contribution in [1.82, 2.24) is 15.2 Å². The summed E-state index contributed by atoms with van der Waals surface area (Å²) in [4.78, 5) is 44.8. The third-order valence-electron chi connectivity index (χ3n) is 6.08. The van der Waals surface area contributed by atoms with Crippen molar-refractivity contribution in [1.29, 1.82) is 0 Å². The molecule has 172 valence electrons. The van der Waals surface area contributed by atoms with Crippen LogP contribution in [-0.4, -0.2) is 79.1 Å². The molecule has 0 spiro atoms. The monoisotopic (exact) mass is 444 g/mol. The van der Waals surface area contributed by atoms with Crippen molar-refractivity contribution in [3.63, 3.8) is 0 Å². The topological polar surface area (TPSA) is 94.7 Å². The zero-order valence-electron chi connectivity index (χ0n) is 18.7. The van der Waals surface area contributed by atoms with E-state index in [2.05, 4.69) is 10.3 Å². The number of H-pyrrole nitrogens is 1. The molecule has 0 saturated carbocycles. The lowest BCUT2D eigenvalue weighted by Gasteiger charge is -2.28. The number of halogens is 1. The van der Waals surface area contributed by atoms with Gasteiger partial charge in [-0.15, -0.1) is 0 Å². The van der Waals surface area contributed by atoms with E-state index in [0.717, 1.165) is 16.6 Å². The van der Waals surface area contributed by atoms with E-state index in [1.54, 1.807) is 6.07 Å². The molecule has 2 aliphatic heterocycles. The Balaban J connectivity index is 1.55. The maximum Gasteiger partial charge on any atom is 0.268 e. The Kier molecular flexibility index (Phi) is 5.94. The van der Waals surface area contributed by atoms with Crippen LogP contribution in [0.2, 0.25) is 0 Å². The molecule has 0 unspecified atom stereocenters. The summed E-state index contributed by atoms with van der Waals surface area (Å²) < 4.78 is 19.6. The van der Waals surface area contributed by atoms with Gasteiger partial charge in [-0.05, 0) is 36.6 Å². The standard InChI is InChI=1S/C23H29FN4O4/c1-12(2)7-18(23(31)28-10-15(24)21-20(28)19(29)11-32-21)26-22(30)17-9-13-8-14(27(3)4)5-6-16(13)25-17/h5-6,8-9,12,15,18,20-21,25H,7,10-11H2,1-4H3,(H,26,30)/t15-,18-,20+,21+/m0/s1. The fourth-order valence-electron chi connectivity index (χ4n) is 4.47. The minimum atomic E-state index is -1.41. The van der Waals surface area contributed by atoms with E-state index in [4.69, 9.17) is 4.74 Å². The van der Waals surface area contributed by atoms with Gasteiger partial charge >= 0.3 is 0 Å². The van der Waals surface area contributed by atoms with Crippen molar-refractivity contribution in [2.45, 2.75) is 44.6 Å². The number of Topliss-reactive ketones (excluding diaryl/α,β-unsaturated/α-hetero) is 1. The molecule has 4 atom stereocenters. The molecule has 2 aliphatic rings. The smallest absolute Gasteiger partial charge is 0.268 e. The van der Waals surface area contributed by atoms with E-state index >= 15 is 0 Å². The number of hydrogen-bond acceptors (Lipinski definition) is 5. The van der Waals surface area contributed by atoms with E-state index in [0.29, 0.717) is 12.1 Å². The lowest BCUT2D eigenvalue weighted by atomic mass is 10.0. The van der Waals surface area contributed by atoms with E-state index in [1.807, 2.05) is 51.0 Å². The van der Waals surface area contributed by atoms with Crippen molar-refractivity contribution >= 4 is 34.2 Å². The molecule has 2 amide bonds. The quantitative estimate of drug-likeness (QED) is 0.710. The maximum atomic E-state index is 14.4. The van der Waals surface area contributed by atoms with Gasteiger partial charge in [0, 0.05) is 30.7 Å². The van der Waals surface area contributed by atoms with Crippen LogP contribution in [0.15, 0.2) is 24.3 Å². The first-order valence-corrected chi connectivity index (χ1v) is 10.9. The third kappa shape index (κ3) is 4.09. The predicted octanol–water partition coefficient (Wildman–Crippen LogP) is 1.90. The lowest BCUT2D eigenvalue weighted by molar-refractivity contribution is -0.138. The Labute approximate surface area is 186 Å². The van der Waals surface area contributed by atoms with Crippen molar-refractivity contribution in [2.24, 2.45) is 5.92 Å². The van der Waals surface area contributed by atoms with Gasteiger partial charge < -0.3 is 24.8 Å². The molecule has 3 heterocycles. The van der Waals surface area contributed by atoms with Crippen LogP contribution in [0.5, 0.6) is 0 Å². The number of benzene rings is 1. The Hall–Kier alpha value is -2.94. The summed E-state index contributed by atoms with van der Waals surface area (Å²) in [5.41, 5.74) is 2.15. The number of nitrogens with one attached hydrogen (secondary N) is 2. The van der Waals surface area contributed by atoms with E-state index in [9.17, 15) is 18.8 Å². The zero-order valence-corrected chi connectivity index (χ0v) is 18.7. The van der Waals surface area contributed by atoms with Crippen LogP contribution in [0.4, 0.5) is 10.1 Å². The van der Waals surface area contributed by atoms with Crippen LogP contribution < -0.4 is 10.2 Å². The number of anilines is 1. The Morgan fingerprint density at radius 3 is 2.75 bits per heavy atom. The first-order valence-electron chi connectivity index (χ1n) is 10.9. The summed E-state index contributed by atoms with van der Waals surface area (Å²) in [6, 6.07) is 5.77. The van der Waals surface area contributed by atoms with Gasteiger partial charge in [-0.2, -0.15) is 0 Å². The van der Waals surface area contributed by atoms with Gasteiger partial charge in [0.2, 0.25) is 5.91 Å². The fourth-order valence-corrected chi connectivity index (χ4v) is 4.47. The Morgan fingerprint density at radius 2 is 2.06 bits per heavy atom. The average Bonchev–Trinajstić information content (AvgIpc) is 3.41. The van der Waals surface area contributed by atoms with Crippen molar-refractivity contribution < 1.29 is 23.5 Å². The van der Waals surface area contributed by atoms with Crippen LogP contribution in [0.1, 0.15) is 30.8 Å². The average molecular weight is 445 g/mol. The molecule has 32 heavy (non-hydrogen) atoms. The summed E-state index contributed by atoms with van der Waals surface area (Å²) >= 11 is 0. The summed E-state index contributed by atoms with van der Waals surface area (Å²) in [5, 5.41) is 3.68. The summed E-state index contributed by atoms with van der Waals surface area (Å²) in [7, 11) is 3.88. The number of ether oxygens (including phenoxy) is 1. The predicted molar refractivity (Wildman–Crippen MR) is 118 cm³/mol. The molecular formula is C23H29FN4O4. The Morgan fingerprint density at radius 1 is 1.31 bits per heavy atom. The Bertz CT molecular complexity index is 1050. The second kappa shape index (κ2) is 8.54. The normalized spacial score (nSPS) is 23.6. The van der Waals surface area contributed by atoms with E-state index in [1.165, 1.54) is 4.90 Å². The van der Waals surface area contributed by atoms with Gasteiger partial charge in [0.1, 0.15) is 36.7 Å². The molecule has 1 aromatic heterocycles. The highest BCUT2D eigenvalue weighted by Gasteiger charge is 2.53. The van der Waals surface area contributed by atoms with Crippen molar-refractivity contribution in [3.05, 3.63) is 30.0 Å². The van der Waals surface area contributed by atoms with Crippen molar-refractivity contribution in [3.8, 4) is 0 Å². The number of aromatic amines is 1. The van der Waals surface area contributed by atoms with Gasteiger partial charge in [-0.3, -0.25) is 14.4 Å². The van der Waals surface area contributed by atoms with Crippen LogP contribution >= 0.6 is 0 Å². The molecule has 2 fully saturated rings. The zero-order chi connectivity index (χ0) is 23.2. The molecule has 0 bridgehead atoms. The van der Waals surface area contributed by atoms with Gasteiger partial charge in [0.25, 0.3) is 5.91 Å². The number of nitrogens with zero attached hydrogens (tertiary/aromatic N) is 2. The maximum absolute atomic E-state index is 14.4. The number of aromatic nitrogens is 1. The molecule has 2 saturated heterocycles. The second-order valence-corrected chi connectivity index (χ2v) is 9.20. The van der Waals surface area contributed by atoms with E-state index in [-0.39, 0.29) is 24.9 Å². The summed E-state index contributed by atoms with van der Waals surface area (Å²) in [6.45, 7) is 3.48. The molecule has 0 radical (unpaired) electrons. The first kappa shape index (κ1) is 22.3. The molecule has 9 heteroatoms. The molecular weight excluding hydrogens is 415 g/mol. The molecule has 2 N–H and O–H groups in total. The van der Waals surface area contributed by atoms with Crippen LogP contribution in [0.25, 0.3) is 10.9 Å². The fraction of sp³-hybridized carbons (Fsp3) is 0.522. The number of fused-ring (bicyclic) bond motifs is 2. The number of carbonyl (C=O) groups is 3. The highest BCUT2D eigenvalue weighted by Crippen LogP contribution is 2.30. The van der Waals surface area contributed by atoms with Crippen LogP contribution in [0, 0.1) is 5.92 Å². The number of carbonyl (C=O) groups excluding carboxylic acids is 3. The molecule has 2 aromatic rings. The number of ketones is 1. The third-order valence-corrected chi connectivity index (χ3v) is 6.08. The van der Waals surface area contributed by atoms with Crippen molar-refractivity contribution in [2.75, 3.05) is 32.1 Å². The summed E-state index contributed by atoms with van der Waals surface area (Å²) in [6.07, 6.45) is -1.96. The summed E-state index contributed by atoms with van der Waals surface area (Å²) in [5.74, 6) is -1.07. The van der Waals surface area contributed by atoms with Gasteiger partial charge in [0.15, 0.2) is 5.78 Å². The molecule has 1 aromatic carbocycles. The number of amides is 2. The van der Waals surface area contributed by atoms with E-state index < -0.39 is 36.2 Å². The molecule has 0 aliphatic carbocycles. The minimum Gasteiger partial charge on any atom is -0.378 e. The molecule has 8 nitrogen and oxygen atoms in total. The molecule has 4 rings (SSSR count). The number of rotatable bonds is 6. The largest absolute Gasteiger partial charge is 0.378 e. The number of hydrogen-bond donors (Lipinski definition) is 2. The van der Waals surface area contributed by atoms with Gasteiger partial charge in [-0.1, -0.05) is 13.8 Å². The highest BCUT2D eigenvalue weighted by molar-refractivity contribution is 6.01.